The summed E-state index contributed by atoms with van der Waals surface area (Å²) in [7, 11) is 4.09. The number of aliphatic carboxylic acids is 1. The molecule has 0 radical (unpaired) electrons. The van der Waals surface area contributed by atoms with Crippen LogP contribution in [0, 0.1) is 11.8 Å². The molecule has 3 nitrogen and oxygen atoms in total. The second kappa shape index (κ2) is 6.25. The number of carbonyl (C=O) groups is 1. The van der Waals surface area contributed by atoms with Gasteiger partial charge in [0.2, 0.25) is 0 Å². The predicted molar refractivity (Wildman–Crippen MR) is 58.9 cm³/mol. The first-order valence-electron chi connectivity index (χ1n) is 4.97. The molecule has 0 bridgehead atoms. The summed E-state index contributed by atoms with van der Waals surface area (Å²) in [6, 6.07) is 0. The van der Waals surface area contributed by atoms with Gasteiger partial charge in [-0.15, -0.1) is 12.4 Å². The largest absolute Gasteiger partial charge is 0.481 e. The normalized spacial score (nSPS) is 27.1. The number of rotatable bonds is 3. The lowest BCUT2D eigenvalue weighted by molar-refractivity contribution is -0.143. The van der Waals surface area contributed by atoms with Crippen LogP contribution in [0.5, 0.6) is 0 Å². The summed E-state index contributed by atoms with van der Waals surface area (Å²) < 4.78 is 0. The molecule has 0 saturated heterocycles. The van der Waals surface area contributed by atoms with E-state index in [-0.39, 0.29) is 18.3 Å². The van der Waals surface area contributed by atoms with E-state index in [1.165, 1.54) is 6.42 Å². The predicted octanol–water partition coefficient (Wildman–Crippen LogP) is 1.86. The number of carboxylic acid groups (broad SMARTS) is 1. The van der Waals surface area contributed by atoms with Crippen molar-refractivity contribution in [1.29, 1.82) is 0 Å². The van der Waals surface area contributed by atoms with E-state index >= 15 is 0 Å². The van der Waals surface area contributed by atoms with Crippen LogP contribution in [0.1, 0.15) is 25.7 Å². The first-order valence-corrected chi connectivity index (χ1v) is 4.97. The van der Waals surface area contributed by atoms with Crippen molar-refractivity contribution in [2.24, 2.45) is 11.8 Å². The summed E-state index contributed by atoms with van der Waals surface area (Å²) in [5, 5.41) is 8.88. The van der Waals surface area contributed by atoms with Crippen LogP contribution in [-0.2, 0) is 4.79 Å². The van der Waals surface area contributed by atoms with Crippen molar-refractivity contribution in [2.75, 3.05) is 20.6 Å². The van der Waals surface area contributed by atoms with Crippen molar-refractivity contribution in [2.45, 2.75) is 25.7 Å². The smallest absolute Gasteiger partial charge is 0.306 e. The highest BCUT2D eigenvalue weighted by Crippen LogP contribution is 2.29. The molecule has 1 fully saturated rings. The van der Waals surface area contributed by atoms with E-state index in [0.717, 1.165) is 25.8 Å². The number of nitrogens with zero attached hydrogens (tertiary/aromatic N) is 1. The minimum absolute atomic E-state index is 0. The first-order chi connectivity index (χ1) is 6.09. The van der Waals surface area contributed by atoms with Crippen molar-refractivity contribution in [3.63, 3.8) is 0 Å². The SMILES string of the molecule is CN(C)CC1CCCC(C(=O)O)C1.Cl. The van der Waals surface area contributed by atoms with E-state index < -0.39 is 5.97 Å². The molecule has 4 heteroatoms. The van der Waals surface area contributed by atoms with Gasteiger partial charge in [0.25, 0.3) is 0 Å². The van der Waals surface area contributed by atoms with Crippen LogP contribution in [0.4, 0.5) is 0 Å². The molecule has 2 unspecified atom stereocenters. The fourth-order valence-electron chi connectivity index (χ4n) is 2.20. The maximum absolute atomic E-state index is 10.8. The average Bonchev–Trinajstić information content (AvgIpc) is 2.03. The van der Waals surface area contributed by atoms with Crippen molar-refractivity contribution in [3.8, 4) is 0 Å². The molecule has 1 aliphatic rings. The van der Waals surface area contributed by atoms with E-state index in [0.29, 0.717) is 5.92 Å². The molecule has 0 aromatic rings. The molecule has 0 aromatic heterocycles. The average molecular weight is 222 g/mol. The molecule has 14 heavy (non-hydrogen) atoms. The minimum Gasteiger partial charge on any atom is -0.481 e. The number of hydrogen-bond donors (Lipinski definition) is 1. The zero-order chi connectivity index (χ0) is 9.84. The van der Waals surface area contributed by atoms with Gasteiger partial charge in [0.05, 0.1) is 5.92 Å². The Bertz CT molecular complexity index is 185. The molecule has 0 heterocycles. The van der Waals surface area contributed by atoms with Crippen LogP contribution in [0.3, 0.4) is 0 Å². The fraction of sp³-hybridized carbons (Fsp3) is 0.900. The topological polar surface area (TPSA) is 40.5 Å². The highest BCUT2D eigenvalue weighted by molar-refractivity contribution is 5.85. The summed E-state index contributed by atoms with van der Waals surface area (Å²) in [5.41, 5.74) is 0. The van der Waals surface area contributed by atoms with Gasteiger partial charge >= 0.3 is 5.97 Å². The molecule has 0 aliphatic heterocycles. The van der Waals surface area contributed by atoms with Gasteiger partial charge in [-0.25, -0.2) is 0 Å². The van der Waals surface area contributed by atoms with E-state index in [9.17, 15) is 4.79 Å². The summed E-state index contributed by atoms with van der Waals surface area (Å²) >= 11 is 0. The van der Waals surface area contributed by atoms with Gasteiger partial charge in [0, 0.05) is 6.54 Å². The number of halogens is 1. The summed E-state index contributed by atoms with van der Waals surface area (Å²) in [5.74, 6) is -0.105. The number of carboxylic acids is 1. The van der Waals surface area contributed by atoms with E-state index in [4.69, 9.17) is 5.11 Å². The number of hydrogen-bond acceptors (Lipinski definition) is 2. The maximum atomic E-state index is 10.8. The Morgan fingerprint density at radius 1 is 1.43 bits per heavy atom. The Balaban J connectivity index is 0.00000169. The molecule has 1 aliphatic carbocycles. The van der Waals surface area contributed by atoms with Crippen LogP contribution in [0.15, 0.2) is 0 Å². The summed E-state index contributed by atoms with van der Waals surface area (Å²) in [4.78, 5) is 12.9. The molecular weight excluding hydrogens is 202 g/mol. The van der Waals surface area contributed by atoms with Gasteiger partial charge in [0.1, 0.15) is 0 Å². The third-order valence-corrected chi connectivity index (χ3v) is 2.76. The van der Waals surface area contributed by atoms with Crippen LogP contribution < -0.4 is 0 Å². The Morgan fingerprint density at radius 3 is 2.57 bits per heavy atom. The summed E-state index contributed by atoms with van der Waals surface area (Å²) in [6.07, 6.45) is 4.02. The van der Waals surface area contributed by atoms with Crippen LogP contribution in [0.2, 0.25) is 0 Å². The van der Waals surface area contributed by atoms with Gasteiger partial charge in [-0.05, 0) is 39.3 Å². The standard InChI is InChI=1S/C10H19NO2.ClH/c1-11(2)7-8-4-3-5-9(6-8)10(12)13;/h8-9H,3-7H2,1-2H3,(H,12,13);1H. The van der Waals surface area contributed by atoms with Gasteiger partial charge in [-0.2, -0.15) is 0 Å². The maximum Gasteiger partial charge on any atom is 0.306 e. The lowest BCUT2D eigenvalue weighted by Crippen LogP contribution is -2.29. The second-order valence-electron chi connectivity index (χ2n) is 4.33. The molecular formula is C10H20ClNO2. The van der Waals surface area contributed by atoms with E-state index in [1.54, 1.807) is 0 Å². The van der Waals surface area contributed by atoms with Crippen LogP contribution in [0.25, 0.3) is 0 Å². The molecule has 0 amide bonds. The van der Waals surface area contributed by atoms with E-state index in [1.807, 2.05) is 14.1 Å². The zero-order valence-corrected chi connectivity index (χ0v) is 9.72. The van der Waals surface area contributed by atoms with Crippen molar-refractivity contribution in [3.05, 3.63) is 0 Å². The molecule has 0 aromatic carbocycles. The fourth-order valence-corrected chi connectivity index (χ4v) is 2.20. The highest BCUT2D eigenvalue weighted by Gasteiger charge is 2.26. The monoisotopic (exact) mass is 221 g/mol. The lowest BCUT2D eigenvalue weighted by atomic mass is 9.81. The Morgan fingerprint density at radius 2 is 2.07 bits per heavy atom. The highest BCUT2D eigenvalue weighted by atomic mass is 35.5. The van der Waals surface area contributed by atoms with Gasteiger partial charge in [-0.3, -0.25) is 4.79 Å². The van der Waals surface area contributed by atoms with Crippen molar-refractivity contribution >= 4 is 18.4 Å². The first kappa shape index (κ1) is 13.7. The van der Waals surface area contributed by atoms with Gasteiger partial charge < -0.3 is 10.0 Å². The molecule has 1 rings (SSSR count). The second-order valence-corrected chi connectivity index (χ2v) is 4.33. The zero-order valence-electron chi connectivity index (χ0n) is 8.90. The third kappa shape index (κ3) is 4.29. The summed E-state index contributed by atoms with van der Waals surface area (Å²) in [6.45, 7) is 1.03. The molecule has 1 N–H and O–H groups in total. The van der Waals surface area contributed by atoms with Gasteiger partial charge in [0.15, 0.2) is 0 Å². The minimum atomic E-state index is -0.608. The Kier molecular flexibility index (Phi) is 6.12. The van der Waals surface area contributed by atoms with Crippen LogP contribution in [-0.4, -0.2) is 36.6 Å². The molecule has 84 valence electrons. The molecule has 1 saturated carbocycles. The quantitative estimate of drug-likeness (QED) is 0.791. The van der Waals surface area contributed by atoms with Crippen LogP contribution >= 0.6 is 12.4 Å². The Labute approximate surface area is 91.9 Å². The third-order valence-electron chi connectivity index (χ3n) is 2.76. The van der Waals surface area contributed by atoms with Gasteiger partial charge in [-0.1, -0.05) is 6.42 Å². The lowest BCUT2D eigenvalue weighted by Gasteiger charge is -2.28. The van der Waals surface area contributed by atoms with Crippen molar-refractivity contribution in [1.82, 2.24) is 4.90 Å². The van der Waals surface area contributed by atoms with Crippen molar-refractivity contribution < 1.29 is 9.90 Å². The molecule has 2 atom stereocenters. The molecule has 0 spiro atoms. The Hall–Kier alpha value is -0.280. The van der Waals surface area contributed by atoms with E-state index in [2.05, 4.69) is 4.90 Å².